The number of carbonyl (C=O) groups is 2. The van der Waals surface area contributed by atoms with Crippen LogP contribution in [-0.2, 0) is 22.6 Å². The molecule has 154 valence electrons. The van der Waals surface area contributed by atoms with Crippen molar-refractivity contribution in [1.29, 1.82) is 0 Å². The SMILES string of the molecule is O=C1C(c2ccc(F)cc2)=C(N2CCc3ccccc32)C(=O)N1Cc1ccc(Cl)cc1. The summed E-state index contributed by atoms with van der Waals surface area (Å²) >= 11 is 5.97. The van der Waals surface area contributed by atoms with E-state index in [1.807, 2.05) is 29.2 Å². The van der Waals surface area contributed by atoms with Crippen molar-refractivity contribution in [1.82, 2.24) is 4.90 Å². The molecule has 4 nitrogen and oxygen atoms in total. The summed E-state index contributed by atoms with van der Waals surface area (Å²) in [5, 5.41) is 0.585. The van der Waals surface area contributed by atoms with Crippen LogP contribution in [0.15, 0.2) is 78.5 Å². The van der Waals surface area contributed by atoms with Crippen LogP contribution in [-0.4, -0.2) is 23.3 Å². The van der Waals surface area contributed by atoms with Crippen molar-refractivity contribution < 1.29 is 14.0 Å². The first-order valence-corrected chi connectivity index (χ1v) is 10.4. The highest BCUT2D eigenvalue weighted by molar-refractivity contribution is 6.36. The number of hydrogen-bond acceptors (Lipinski definition) is 3. The minimum Gasteiger partial charge on any atom is -0.336 e. The summed E-state index contributed by atoms with van der Waals surface area (Å²) in [6.07, 6.45) is 0.787. The third kappa shape index (κ3) is 3.41. The van der Waals surface area contributed by atoms with E-state index in [1.54, 1.807) is 36.4 Å². The van der Waals surface area contributed by atoms with Gasteiger partial charge in [-0.25, -0.2) is 4.39 Å². The molecule has 0 saturated carbocycles. The Balaban J connectivity index is 1.60. The van der Waals surface area contributed by atoms with Crippen LogP contribution in [0, 0.1) is 5.82 Å². The Bertz CT molecular complexity index is 1220. The van der Waals surface area contributed by atoms with Gasteiger partial charge in [0.1, 0.15) is 11.5 Å². The number of carbonyl (C=O) groups excluding carboxylic acids is 2. The van der Waals surface area contributed by atoms with Crippen molar-refractivity contribution in [2.45, 2.75) is 13.0 Å². The summed E-state index contributed by atoms with van der Waals surface area (Å²) in [5.41, 5.74) is 4.02. The van der Waals surface area contributed by atoms with Gasteiger partial charge in [-0.2, -0.15) is 0 Å². The first-order chi connectivity index (χ1) is 15.0. The normalized spacial score (nSPS) is 15.8. The number of imide groups is 1. The van der Waals surface area contributed by atoms with Crippen LogP contribution < -0.4 is 4.90 Å². The quantitative estimate of drug-likeness (QED) is 0.555. The molecule has 0 fully saturated rings. The van der Waals surface area contributed by atoms with Crippen molar-refractivity contribution in [2.24, 2.45) is 0 Å². The van der Waals surface area contributed by atoms with Crippen molar-refractivity contribution in [3.05, 3.63) is 106 Å². The standard InChI is InChI=1S/C25H18ClFN2O2/c26-19-9-5-16(6-10-19)15-29-24(30)22(18-7-11-20(27)12-8-18)23(25(29)31)28-14-13-17-3-1-2-4-21(17)28/h1-12H,13-15H2. The van der Waals surface area contributed by atoms with Crippen LogP contribution in [0.3, 0.4) is 0 Å². The Morgan fingerprint density at radius 3 is 2.32 bits per heavy atom. The summed E-state index contributed by atoms with van der Waals surface area (Å²) in [4.78, 5) is 30.2. The predicted octanol–water partition coefficient (Wildman–Crippen LogP) is 4.82. The monoisotopic (exact) mass is 432 g/mol. The number of nitrogens with zero attached hydrogens (tertiary/aromatic N) is 2. The van der Waals surface area contributed by atoms with Gasteiger partial charge in [0.05, 0.1) is 12.1 Å². The largest absolute Gasteiger partial charge is 0.336 e. The Kier molecular flexibility index (Phi) is 4.83. The molecule has 2 aliphatic rings. The Labute approximate surface area is 184 Å². The van der Waals surface area contributed by atoms with Gasteiger partial charge in [0, 0.05) is 17.3 Å². The van der Waals surface area contributed by atoms with E-state index in [9.17, 15) is 14.0 Å². The number of amides is 2. The molecule has 0 radical (unpaired) electrons. The molecule has 2 aliphatic heterocycles. The number of anilines is 1. The van der Waals surface area contributed by atoms with Gasteiger partial charge >= 0.3 is 0 Å². The van der Waals surface area contributed by atoms with Gasteiger partial charge in [0.2, 0.25) is 0 Å². The summed E-state index contributed by atoms with van der Waals surface area (Å²) < 4.78 is 13.5. The fourth-order valence-electron chi connectivity index (χ4n) is 4.18. The molecule has 3 aromatic carbocycles. The van der Waals surface area contributed by atoms with Crippen molar-refractivity contribution in [2.75, 3.05) is 11.4 Å². The number of benzene rings is 3. The molecule has 2 heterocycles. The number of halogens is 2. The van der Waals surface area contributed by atoms with E-state index in [0.717, 1.165) is 23.2 Å². The highest BCUT2D eigenvalue weighted by Gasteiger charge is 2.43. The molecule has 31 heavy (non-hydrogen) atoms. The summed E-state index contributed by atoms with van der Waals surface area (Å²) in [5.74, 6) is -1.13. The molecule has 0 atom stereocenters. The summed E-state index contributed by atoms with van der Waals surface area (Å²) in [6.45, 7) is 0.742. The summed E-state index contributed by atoms with van der Waals surface area (Å²) in [6, 6.07) is 20.6. The second kappa shape index (κ2) is 7.67. The van der Waals surface area contributed by atoms with E-state index in [0.29, 0.717) is 28.4 Å². The maximum Gasteiger partial charge on any atom is 0.278 e. The second-order valence-electron chi connectivity index (χ2n) is 7.58. The third-order valence-electron chi connectivity index (χ3n) is 5.69. The molecule has 3 aromatic rings. The van der Waals surface area contributed by atoms with E-state index in [4.69, 9.17) is 11.6 Å². The maximum absolute atomic E-state index is 13.5. The molecule has 2 amide bonds. The molecule has 0 aliphatic carbocycles. The molecule has 0 saturated heterocycles. The predicted molar refractivity (Wildman–Crippen MR) is 118 cm³/mol. The van der Waals surface area contributed by atoms with Crippen molar-refractivity contribution >= 4 is 34.7 Å². The first kappa shape index (κ1) is 19.5. The Hall–Kier alpha value is -3.44. The fourth-order valence-corrected chi connectivity index (χ4v) is 4.30. The third-order valence-corrected chi connectivity index (χ3v) is 5.94. The van der Waals surface area contributed by atoms with Gasteiger partial charge in [-0.3, -0.25) is 14.5 Å². The lowest BCUT2D eigenvalue weighted by atomic mass is 10.0. The lowest BCUT2D eigenvalue weighted by Gasteiger charge is -2.22. The molecule has 0 N–H and O–H groups in total. The lowest BCUT2D eigenvalue weighted by Crippen LogP contribution is -2.34. The second-order valence-corrected chi connectivity index (χ2v) is 8.02. The van der Waals surface area contributed by atoms with Gasteiger partial charge in [-0.05, 0) is 53.4 Å². The fraction of sp³-hybridized carbons (Fsp3) is 0.120. The van der Waals surface area contributed by atoms with Crippen LogP contribution in [0.4, 0.5) is 10.1 Å². The van der Waals surface area contributed by atoms with Crippen LogP contribution >= 0.6 is 11.6 Å². The van der Waals surface area contributed by atoms with Crippen LogP contribution in [0.5, 0.6) is 0 Å². The highest BCUT2D eigenvalue weighted by Crippen LogP contribution is 2.39. The van der Waals surface area contributed by atoms with E-state index in [2.05, 4.69) is 0 Å². The average Bonchev–Trinajstić information content (AvgIpc) is 3.30. The number of hydrogen-bond donors (Lipinski definition) is 0. The highest BCUT2D eigenvalue weighted by atomic mass is 35.5. The first-order valence-electron chi connectivity index (χ1n) is 9.99. The van der Waals surface area contributed by atoms with E-state index in [1.165, 1.54) is 17.0 Å². The van der Waals surface area contributed by atoms with Gasteiger partial charge < -0.3 is 4.90 Å². The number of fused-ring (bicyclic) bond motifs is 1. The molecular formula is C25H18ClFN2O2. The van der Waals surface area contributed by atoms with Crippen molar-refractivity contribution in [3.8, 4) is 0 Å². The zero-order valence-corrected chi connectivity index (χ0v) is 17.3. The zero-order valence-electron chi connectivity index (χ0n) is 16.5. The minimum atomic E-state index is -0.396. The minimum absolute atomic E-state index is 0.137. The van der Waals surface area contributed by atoms with Crippen molar-refractivity contribution in [3.63, 3.8) is 0 Å². The number of para-hydroxylation sites is 1. The Morgan fingerprint density at radius 1 is 0.871 bits per heavy atom. The molecule has 0 unspecified atom stereocenters. The summed E-state index contributed by atoms with van der Waals surface area (Å²) in [7, 11) is 0. The molecule has 0 aromatic heterocycles. The number of rotatable bonds is 4. The van der Waals surface area contributed by atoms with Gasteiger partial charge in [0.25, 0.3) is 11.8 Å². The molecule has 6 heteroatoms. The average molecular weight is 433 g/mol. The van der Waals surface area contributed by atoms with E-state index in [-0.39, 0.29) is 18.4 Å². The molecule has 5 rings (SSSR count). The lowest BCUT2D eigenvalue weighted by molar-refractivity contribution is -0.137. The maximum atomic E-state index is 13.5. The zero-order chi connectivity index (χ0) is 21.5. The van der Waals surface area contributed by atoms with Gasteiger partial charge in [0.15, 0.2) is 0 Å². The Morgan fingerprint density at radius 2 is 1.58 bits per heavy atom. The van der Waals surface area contributed by atoms with Crippen LogP contribution in [0.1, 0.15) is 16.7 Å². The molecule has 0 bridgehead atoms. The topological polar surface area (TPSA) is 40.6 Å². The molecule has 0 spiro atoms. The molecular weight excluding hydrogens is 415 g/mol. The van der Waals surface area contributed by atoms with Gasteiger partial charge in [-0.15, -0.1) is 0 Å². The van der Waals surface area contributed by atoms with E-state index >= 15 is 0 Å². The van der Waals surface area contributed by atoms with Crippen LogP contribution in [0.2, 0.25) is 5.02 Å². The smallest absolute Gasteiger partial charge is 0.278 e. The van der Waals surface area contributed by atoms with Gasteiger partial charge in [-0.1, -0.05) is 54.1 Å². The van der Waals surface area contributed by atoms with Crippen LogP contribution in [0.25, 0.3) is 5.57 Å². The van der Waals surface area contributed by atoms with E-state index < -0.39 is 5.82 Å².